The molecule has 2 heterocycles. The second-order valence-electron chi connectivity index (χ2n) is 4.34. The van der Waals surface area contributed by atoms with E-state index in [4.69, 9.17) is 9.84 Å². The highest BCUT2D eigenvalue weighted by Gasteiger charge is 2.26. The second-order valence-corrected chi connectivity index (χ2v) is 5.17. The van der Waals surface area contributed by atoms with Crippen molar-refractivity contribution >= 4 is 28.4 Å². The van der Waals surface area contributed by atoms with Gasteiger partial charge in [-0.1, -0.05) is 0 Å². The predicted octanol–water partition coefficient (Wildman–Crippen LogP) is 1.62. The average Bonchev–Trinajstić information content (AvgIpc) is 2.89. The van der Waals surface area contributed by atoms with E-state index in [9.17, 15) is 9.59 Å². The number of anilines is 1. The van der Waals surface area contributed by atoms with Gasteiger partial charge in [-0.3, -0.25) is 4.79 Å². The van der Waals surface area contributed by atoms with Crippen molar-refractivity contribution in [1.82, 2.24) is 4.98 Å². The highest BCUT2D eigenvalue weighted by Crippen LogP contribution is 2.26. The highest BCUT2D eigenvalue weighted by molar-refractivity contribution is 7.13. The quantitative estimate of drug-likeness (QED) is 0.846. The molecule has 1 aromatic rings. The van der Waals surface area contributed by atoms with Crippen LogP contribution in [-0.4, -0.2) is 41.7 Å². The summed E-state index contributed by atoms with van der Waals surface area (Å²) in [6, 6.07) is 0. The molecule has 0 radical (unpaired) electrons. The molecule has 0 atom stereocenters. The predicted molar refractivity (Wildman–Crippen MR) is 70.6 cm³/mol. The van der Waals surface area contributed by atoms with Crippen LogP contribution in [0.25, 0.3) is 0 Å². The summed E-state index contributed by atoms with van der Waals surface area (Å²) in [6.45, 7) is 3.40. The fraction of sp³-hybridized carbons (Fsp3) is 0.583. The number of hydrogen-bond acceptors (Lipinski definition) is 6. The molecule has 2 rings (SSSR count). The number of thiazole rings is 1. The summed E-state index contributed by atoms with van der Waals surface area (Å²) in [6.07, 6.45) is 1.23. The first-order chi connectivity index (χ1) is 9.11. The van der Waals surface area contributed by atoms with E-state index in [2.05, 4.69) is 4.98 Å². The summed E-state index contributed by atoms with van der Waals surface area (Å²) < 4.78 is 4.89. The Morgan fingerprint density at radius 1 is 1.53 bits per heavy atom. The first-order valence-corrected chi connectivity index (χ1v) is 7.10. The number of rotatable bonds is 4. The number of hydrogen-bond donors (Lipinski definition) is 1. The van der Waals surface area contributed by atoms with Crippen molar-refractivity contribution in [3.63, 3.8) is 0 Å². The van der Waals surface area contributed by atoms with Crippen LogP contribution >= 0.6 is 11.3 Å². The van der Waals surface area contributed by atoms with Gasteiger partial charge in [-0.05, 0) is 19.8 Å². The van der Waals surface area contributed by atoms with E-state index >= 15 is 0 Å². The average molecular weight is 284 g/mol. The molecule has 0 amide bonds. The molecule has 104 valence electrons. The van der Waals surface area contributed by atoms with Gasteiger partial charge in [0.15, 0.2) is 10.8 Å². The maximum Gasteiger partial charge on any atom is 0.357 e. The van der Waals surface area contributed by atoms with E-state index in [0.717, 1.165) is 5.13 Å². The summed E-state index contributed by atoms with van der Waals surface area (Å²) in [5, 5.41) is 11.4. The number of carbonyl (C=O) groups is 2. The van der Waals surface area contributed by atoms with Crippen LogP contribution in [-0.2, 0) is 9.53 Å². The van der Waals surface area contributed by atoms with Gasteiger partial charge in [0.05, 0.1) is 12.5 Å². The van der Waals surface area contributed by atoms with Crippen LogP contribution in [0.4, 0.5) is 5.13 Å². The Bertz CT molecular complexity index is 466. The van der Waals surface area contributed by atoms with E-state index in [1.807, 2.05) is 4.90 Å². The molecule has 0 unspecified atom stereocenters. The lowest BCUT2D eigenvalue weighted by molar-refractivity contribution is -0.142. The molecule has 1 aliphatic heterocycles. The molecule has 7 heteroatoms. The van der Waals surface area contributed by atoms with Crippen molar-refractivity contribution in [3.05, 3.63) is 11.1 Å². The standard InChI is InChI=1S/C12H16N2O4S/c1-2-18-11(17)9-7-19-12(13-9)14-5-3-8(4-6-14)10(15)16/h7-8H,2-6H2,1H3,(H,15,16). The number of carbonyl (C=O) groups excluding carboxylic acids is 1. The topological polar surface area (TPSA) is 79.7 Å². The second kappa shape index (κ2) is 6.01. The highest BCUT2D eigenvalue weighted by atomic mass is 32.1. The van der Waals surface area contributed by atoms with Crippen molar-refractivity contribution in [2.45, 2.75) is 19.8 Å². The van der Waals surface area contributed by atoms with Crippen LogP contribution < -0.4 is 4.90 Å². The van der Waals surface area contributed by atoms with Crippen LogP contribution in [0.5, 0.6) is 0 Å². The Balaban J connectivity index is 1.97. The molecule has 19 heavy (non-hydrogen) atoms. The fourth-order valence-electron chi connectivity index (χ4n) is 2.03. The molecule has 0 bridgehead atoms. The number of carboxylic acid groups (broad SMARTS) is 1. The van der Waals surface area contributed by atoms with Crippen LogP contribution in [0.1, 0.15) is 30.3 Å². The third kappa shape index (κ3) is 3.23. The van der Waals surface area contributed by atoms with Crippen molar-refractivity contribution in [2.24, 2.45) is 5.92 Å². The Hall–Kier alpha value is -1.63. The zero-order valence-electron chi connectivity index (χ0n) is 10.7. The van der Waals surface area contributed by atoms with Crippen molar-refractivity contribution in [1.29, 1.82) is 0 Å². The monoisotopic (exact) mass is 284 g/mol. The third-order valence-electron chi connectivity index (χ3n) is 3.09. The number of piperidine rings is 1. The molecule has 1 N–H and O–H groups in total. The Kier molecular flexibility index (Phi) is 4.36. The van der Waals surface area contributed by atoms with Gasteiger partial charge in [0, 0.05) is 18.5 Å². The van der Waals surface area contributed by atoms with E-state index in [1.165, 1.54) is 11.3 Å². The summed E-state index contributed by atoms with van der Waals surface area (Å²) in [5.41, 5.74) is 0.321. The van der Waals surface area contributed by atoms with Gasteiger partial charge < -0.3 is 14.7 Å². The molecule has 1 saturated heterocycles. The van der Waals surface area contributed by atoms with Crippen LogP contribution in [0, 0.1) is 5.92 Å². The number of nitrogens with zero attached hydrogens (tertiary/aromatic N) is 2. The summed E-state index contributed by atoms with van der Waals surface area (Å²) in [5.74, 6) is -1.41. The third-order valence-corrected chi connectivity index (χ3v) is 3.99. The largest absolute Gasteiger partial charge is 0.481 e. The van der Waals surface area contributed by atoms with Gasteiger partial charge >= 0.3 is 11.9 Å². The van der Waals surface area contributed by atoms with Gasteiger partial charge in [0.2, 0.25) is 0 Å². The molecule has 0 aliphatic carbocycles. The molecular formula is C12H16N2O4S. The lowest BCUT2D eigenvalue weighted by Gasteiger charge is -2.29. The Morgan fingerprint density at radius 3 is 2.79 bits per heavy atom. The van der Waals surface area contributed by atoms with Crippen LogP contribution in [0.2, 0.25) is 0 Å². The van der Waals surface area contributed by atoms with E-state index in [0.29, 0.717) is 38.2 Å². The molecule has 0 aromatic carbocycles. The van der Waals surface area contributed by atoms with E-state index < -0.39 is 11.9 Å². The molecule has 6 nitrogen and oxygen atoms in total. The van der Waals surface area contributed by atoms with Gasteiger partial charge in [-0.2, -0.15) is 0 Å². The van der Waals surface area contributed by atoms with Crippen molar-refractivity contribution < 1.29 is 19.4 Å². The van der Waals surface area contributed by atoms with Crippen LogP contribution in [0.3, 0.4) is 0 Å². The zero-order chi connectivity index (χ0) is 13.8. The molecule has 0 saturated carbocycles. The minimum Gasteiger partial charge on any atom is -0.481 e. The minimum absolute atomic E-state index is 0.263. The van der Waals surface area contributed by atoms with Gasteiger partial charge in [-0.15, -0.1) is 11.3 Å². The number of aliphatic carboxylic acids is 1. The lowest BCUT2D eigenvalue weighted by Crippen LogP contribution is -2.36. The van der Waals surface area contributed by atoms with Crippen molar-refractivity contribution in [3.8, 4) is 0 Å². The van der Waals surface area contributed by atoms with E-state index in [1.54, 1.807) is 12.3 Å². The molecule has 0 spiro atoms. The minimum atomic E-state index is -0.731. The van der Waals surface area contributed by atoms with Crippen molar-refractivity contribution in [2.75, 3.05) is 24.6 Å². The summed E-state index contributed by atoms with van der Waals surface area (Å²) in [4.78, 5) is 28.6. The smallest absolute Gasteiger partial charge is 0.357 e. The SMILES string of the molecule is CCOC(=O)c1csc(N2CCC(C(=O)O)CC2)n1. The Morgan fingerprint density at radius 2 is 2.21 bits per heavy atom. The summed E-state index contributed by atoms with van der Waals surface area (Å²) >= 11 is 1.39. The van der Waals surface area contributed by atoms with Gasteiger partial charge in [0.25, 0.3) is 0 Å². The van der Waals surface area contributed by atoms with Gasteiger partial charge in [0.1, 0.15) is 0 Å². The van der Waals surface area contributed by atoms with E-state index in [-0.39, 0.29) is 5.92 Å². The number of esters is 1. The molecule has 1 aliphatic rings. The fourth-order valence-corrected chi connectivity index (χ4v) is 2.87. The molecule has 1 fully saturated rings. The summed E-state index contributed by atoms with van der Waals surface area (Å²) in [7, 11) is 0. The maximum absolute atomic E-state index is 11.5. The molecular weight excluding hydrogens is 268 g/mol. The molecule has 1 aromatic heterocycles. The van der Waals surface area contributed by atoms with Crippen LogP contribution in [0.15, 0.2) is 5.38 Å². The first-order valence-electron chi connectivity index (χ1n) is 6.22. The van der Waals surface area contributed by atoms with Gasteiger partial charge in [-0.25, -0.2) is 9.78 Å². The normalized spacial score (nSPS) is 16.4. The Labute approximate surface area is 115 Å². The zero-order valence-corrected chi connectivity index (χ0v) is 11.5. The first kappa shape index (κ1) is 13.8. The lowest BCUT2D eigenvalue weighted by atomic mass is 9.98. The maximum atomic E-state index is 11.5. The number of carboxylic acids is 1. The number of ether oxygens (including phenoxy) is 1. The number of aromatic nitrogens is 1.